The van der Waals surface area contributed by atoms with Gasteiger partial charge in [0.2, 0.25) is 10.6 Å². The summed E-state index contributed by atoms with van der Waals surface area (Å²) < 4.78 is 14.0. The van der Waals surface area contributed by atoms with Crippen molar-refractivity contribution in [2.75, 3.05) is 0 Å². The second-order valence-electron chi connectivity index (χ2n) is 5.57. The maximum absolute atomic E-state index is 13.2. The normalized spacial score (nSPS) is 10.6. The number of aryl methyl sites for hydroxylation is 1. The molecule has 142 valence electrons. The zero-order chi connectivity index (χ0) is 20.6. The van der Waals surface area contributed by atoms with Crippen molar-refractivity contribution in [3.8, 4) is 5.69 Å². The molecule has 2 aromatic carbocycles. The van der Waals surface area contributed by atoms with Crippen molar-refractivity contribution in [3.05, 3.63) is 83.4 Å². The molecule has 0 aliphatic rings. The van der Waals surface area contributed by atoms with Crippen LogP contribution in [0, 0.1) is 38.4 Å². The van der Waals surface area contributed by atoms with Crippen LogP contribution in [0.5, 0.6) is 0 Å². The van der Waals surface area contributed by atoms with Gasteiger partial charge in [0, 0.05) is 11.6 Å². The number of carbonyl (C=O) groups is 1. The van der Waals surface area contributed by atoms with Crippen LogP contribution < -0.4 is 4.80 Å². The zero-order valence-electron chi connectivity index (χ0n) is 14.1. The third kappa shape index (κ3) is 3.27. The number of nitro groups is 2. The fourth-order valence-corrected chi connectivity index (χ4v) is 3.30. The van der Waals surface area contributed by atoms with Crippen molar-refractivity contribution >= 4 is 28.5 Å². The topological polar surface area (TPSA) is 145 Å². The molecule has 0 aliphatic heterocycles. The molecule has 0 aliphatic carbocycles. The van der Waals surface area contributed by atoms with E-state index in [1.165, 1.54) is 31.2 Å². The van der Waals surface area contributed by atoms with E-state index in [9.17, 15) is 29.4 Å². The number of benzene rings is 2. The van der Waals surface area contributed by atoms with E-state index in [-0.39, 0.29) is 21.1 Å². The van der Waals surface area contributed by atoms with E-state index < -0.39 is 32.8 Å². The largest absolute Gasteiger partial charge is 0.371 e. The Morgan fingerprint density at radius 3 is 2.54 bits per heavy atom. The number of carbonyl (C=O) groups excluding carboxylic acids is 1. The van der Waals surface area contributed by atoms with E-state index in [4.69, 9.17) is 5.41 Å². The second-order valence-corrected chi connectivity index (χ2v) is 6.55. The van der Waals surface area contributed by atoms with E-state index in [1.807, 2.05) is 0 Å². The smallest absolute Gasteiger partial charge is 0.286 e. The number of hydrogen-bond donors (Lipinski definition) is 1. The van der Waals surface area contributed by atoms with Gasteiger partial charge in [-0.2, -0.15) is 9.78 Å². The summed E-state index contributed by atoms with van der Waals surface area (Å²) in [5.41, 5.74) is -1.39. The van der Waals surface area contributed by atoms with Crippen LogP contribution in [0.4, 0.5) is 15.8 Å². The number of rotatable bonds is 5. The quantitative estimate of drug-likeness (QED) is 0.394. The number of halogens is 1. The Morgan fingerprint density at radius 1 is 1.21 bits per heavy atom. The molecule has 3 aromatic rings. The van der Waals surface area contributed by atoms with Crippen LogP contribution in [-0.4, -0.2) is 25.4 Å². The molecule has 0 radical (unpaired) electrons. The lowest BCUT2D eigenvalue weighted by Crippen LogP contribution is -2.15. The number of nitrogens with one attached hydrogen (secondary N) is 1. The van der Waals surface area contributed by atoms with E-state index in [0.29, 0.717) is 16.9 Å². The fraction of sp³-hybridized carbons (Fsp3) is 0.0625. The average Bonchev–Trinajstić information content (AvgIpc) is 3.02. The first kappa shape index (κ1) is 19.0. The van der Waals surface area contributed by atoms with Gasteiger partial charge >= 0.3 is 11.4 Å². The Kier molecular flexibility index (Phi) is 4.79. The SMILES string of the molecule is Cc1cc(F)ccc1C(=O)c1nn(-c2cccc([N+](=O)[O-])c2[N+](=O)[O-])c(=N)s1. The molecule has 12 heteroatoms. The predicted molar refractivity (Wildman–Crippen MR) is 95.2 cm³/mol. The molecule has 3 rings (SSSR count). The summed E-state index contributed by atoms with van der Waals surface area (Å²) in [7, 11) is 0. The minimum Gasteiger partial charge on any atom is -0.286 e. The Bertz CT molecular complexity index is 1200. The van der Waals surface area contributed by atoms with Crippen LogP contribution in [-0.2, 0) is 0 Å². The van der Waals surface area contributed by atoms with Crippen molar-refractivity contribution < 1.29 is 19.0 Å². The zero-order valence-corrected chi connectivity index (χ0v) is 14.9. The molecular formula is C16H10FN5O5S. The minimum absolute atomic E-state index is 0.163. The summed E-state index contributed by atoms with van der Waals surface area (Å²) in [5, 5.41) is 34.2. The van der Waals surface area contributed by atoms with Gasteiger partial charge in [0.05, 0.1) is 9.85 Å². The first-order chi connectivity index (χ1) is 13.2. The second kappa shape index (κ2) is 7.08. The molecule has 0 spiro atoms. The first-order valence-corrected chi connectivity index (χ1v) is 8.40. The Hall–Kier alpha value is -3.80. The molecular weight excluding hydrogens is 393 g/mol. The standard InChI is InChI=1S/C16H10FN5O5S/c1-8-7-9(17)5-6-10(8)14(23)15-19-20(16(18)28-15)11-3-2-4-12(21(24)25)13(11)22(26)27/h2-7,18H,1H3. The molecule has 0 saturated heterocycles. The molecule has 1 heterocycles. The number of para-hydroxylation sites is 1. The third-order valence-electron chi connectivity index (χ3n) is 3.80. The van der Waals surface area contributed by atoms with Crippen molar-refractivity contribution in [2.45, 2.75) is 6.92 Å². The highest BCUT2D eigenvalue weighted by Crippen LogP contribution is 2.32. The number of hydrogen-bond acceptors (Lipinski definition) is 8. The van der Waals surface area contributed by atoms with Crippen LogP contribution in [0.25, 0.3) is 5.69 Å². The van der Waals surface area contributed by atoms with Crippen LogP contribution >= 0.6 is 11.3 Å². The van der Waals surface area contributed by atoms with Crippen LogP contribution in [0.3, 0.4) is 0 Å². The van der Waals surface area contributed by atoms with Gasteiger partial charge in [0.25, 0.3) is 0 Å². The highest BCUT2D eigenvalue weighted by atomic mass is 32.1. The molecule has 0 amide bonds. The van der Waals surface area contributed by atoms with Gasteiger partial charge in [-0.1, -0.05) is 17.4 Å². The third-order valence-corrected chi connectivity index (χ3v) is 4.63. The van der Waals surface area contributed by atoms with E-state index in [0.717, 1.165) is 16.8 Å². The number of ketones is 1. The van der Waals surface area contributed by atoms with Crippen molar-refractivity contribution in [2.24, 2.45) is 0 Å². The molecule has 28 heavy (non-hydrogen) atoms. The maximum atomic E-state index is 13.2. The number of aromatic nitrogens is 2. The molecule has 1 aromatic heterocycles. The van der Waals surface area contributed by atoms with Crippen LogP contribution in [0.15, 0.2) is 36.4 Å². The summed E-state index contributed by atoms with van der Waals surface area (Å²) in [4.78, 5) is 32.9. The Labute approximate surface area is 159 Å². The predicted octanol–water partition coefficient (Wildman–Crippen LogP) is 2.91. The lowest BCUT2D eigenvalue weighted by molar-refractivity contribution is -0.422. The first-order valence-electron chi connectivity index (χ1n) is 7.58. The van der Waals surface area contributed by atoms with Gasteiger partial charge in [-0.25, -0.2) is 4.39 Å². The lowest BCUT2D eigenvalue weighted by atomic mass is 10.1. The molecule has 10 nitrogen and oxygen atoms in total. The number of nitrogens with zero attached hydrogens (tertiary/aromatic N) is 4. The van der Waals surface area contributed by atoms with Crippen molar-refractivity contribution in [3.63, 3.8) is 0 Å². The number of nitro benzene ring substituents is 2. The minimum atomic E-state index is -0.940. The van der Waals surface area contributed by atoms with E-state index in [2.05, 4.69) is 5.10 Å². The summed E-state index contributed by atoms with van der Waals surface area (Å²) in [6.45, 7) is 1.53. The summed E-state index contributed by atoms with van der Waals surface area (Å²) in [6.07, 6.45) is 0. The molecule has 0 fully saturated rings. The Balaban J connectivity index is 2.15. The van der Waals surface area contributed by atoms with Gasteiger partial charge < -0.3 is 0 Å². The van der Waals surface area contributed by atoms with E-state index in [1.54, 1.807) is 0 Å². The highest BCUT2D eigenvalue weighted by Gasteiger charge is 2.31. The van der Waals surface area contributed by atoms with Crippen molar-refractivity contribution in [1.29, 1.82) is 5.41 Å². The van der Waals surface area contributed by atoms with E-state index >= 15 is 0 Å². The lowest BCUT2D eigenvalue weighted by Gasteiger charge is -2.03. The summed E-state index contributed by atoms with van der Waals surface area (Å²) in [6, 6.07) is 6.93. The van der Waals surface area contributed by atoms with Crippen molar-refractivity contribution in [1.82, 2.24) is 9.78 Å². The van der Waals surface area contributed by atoms with Gasteiger partial charge in [-0.15, -0.1) is 0 Å². The molecule has 1 N–H and O–H groups in total. The van der Waals surface area contributed by atoms with Crippen LogP contribution in [0.2, 0.25) is 0 Å². The summed E-state index contributed by atoms with van der Waals surface area (Å²) >= 11 is 0.642. The molecule has 0 bridgehead atoms. The average molecular weight is 403 g/mol. The fourth-order valence-electron chi connectivity index (χ4n) is 2.57. The molecule has 0 unspecified atom stereocenters. The van der Waals surface area contributed by atoms with Crippen LogP contribution in [0.1, 0.15) is 20.9 Å². The summed E-state index contributed by atoms with van der Waals surface area (Å²) in [5.74, 6) is -1.11. The highest BCUT2D eigenvalue weighted by molar-refractivity contribution is 7.11. The van der Waals surface area contributed by atoms with Gasteiger partial charge in [-0.3, -0.25) is 30.4 Å². The molecule has 0 atom stereocenters. The van der Waals surface area contributed by atoms with Gasteiger partial charge in [-0.05, 0) is 36.8 Å². The van der Waals surface area contributed by atoms with Gasteiger partial charge in [0.1, 0.15) is 5.82 Å². The Morgan fingerprint density at radius 2 is 1.93 bits per heavy atom. The molecule has 0 saturated carbocycles. The van der Waals surface area contributed by atoms with Gasteiger partial charge in [0.15, 0.2) is 10.7 Å². The monoisotopic (exact) mass is 403 g/mol. The maximum Gasteiger partial charge on any atom is 0.371 e.